The molecule has 0 radical (unpaired) electrons. The third-order valence-electron chi connectivity index (χ3n) is 3.33. The van der Waals surface area contributed by atoms with Gasteiger partial charge in [0.05, 0.1) is 0 Å². The predicted octanol–water partition coefficient (Wildman–Crippen LogP) is 2.38. The molecule has 1 aliphatic heterocycles. The first-order valence-electron chi connectivity index (χ1n) is 5.65. The number of fused-ring (bicyclic) bond motifs is 1. The van der Waals surface area contributed by atoms with Crippen LogP contribution in [0, 0.1) is 0 Å². The van der Waals surface area contributed by atoms with E-state index in [9.17, 15) is 0 Å². The maximum absolute atomic E-state index is 4.39. The lowest BCUT2D eigenvalue weighted by Crippen LogP contribution is -2.27. The zero-order valence-corrected chi connectivity index (χ0v) is 9.35. The summed E-state index contributed by atoms with van der Waals surface area (Å²) in [6.07, 6.45) is 4.85. The van der Waals surface area contributed by atoms with E-state index in [0.717, 1.165) is 18.8 Å². The third-order valence-corrected chi connectivity index (χ3v) is 3.33. The van der Waals surface area contributed by atoms with Gasteiger partial charge in [0.15, 0.2) is 0 Å². The van der Waals surface area contributed by atoms with Crippen LogP contribution in [0.3, 0.4) is 0 Å². The van der Waals surface area contributed by atoms with Crippen molar-refractivity contribution in [2.24, 2.45) is 0 Å². The van der Waals surface area contributed by atoms with Crippen LogP contribution in [0.1, 0.15) is 23.7 Å². The minimum absolute atomic E-state index is 0.419. The van der Waals surface area contributed by atoms with E-state index in [4.69, 9.17) is 0 Å². The minimum Gasteiger partial charge on any atom is -0.374 e. The van der Waals surface area contributed by atoms with E-state index < -0.39 is 0 Å². The van der Waals surface area contributed by atoms with E-state index in [1.165, 1.54) is 11.3 Å². The second-order valence-electron chi connectivity index (χ2n) is 4.30. The number of rotatable bonds is 1. The molecule has 0 amide bonds. The molecule has 0 saturated carbocycles. The largest absolute Gasteiger partial charge is 0.374 e. The van der Waals surface area contributed by atoms with Crippen LogP contribution < -0.4 is 4.90 Å². The van der Waals surface area contributed by atoms with Crippen molar-refractivity contribution in [1.29, 1.82) is 0 Å². The zero-order chi connectivity index (χ0) is 11.0. The topological polar surface area (TPSA) is 31.9 Å². The van der Waals surface area contributed by atoms with Gasteiger partial charge in [-0.05, 0) is 18.1 Å². The first-order chi connectivity index (χ1) is 7.86. The highest BCUT2D eigenvalue weighted by molar-refractivity contribution is 5.57. The van der Waals surface area contributed by atoms with Gasteiger partial charge in [-0.2, -0.15) is 0 Å². The van der Waals surface area contributed by atoms with Crippen molar-refractivity contribution in [1.82, 2.24) is 9.97 Å². The summed E-state index contributed by atoms with van der Waals surface area (Å²) in [7, 11) is 2.15. The fraction of sp³-hybridized carbons (Fsp3) is 0.308. The average Bonchev–Trinajstić information content (AvgIpc) is 2.83. The molecule has 2 heterocycles. The Bertz CT molecular complexity index is 476. The molecule has 1 atom stereocenters. The van der Waals surface area contributed by atoms with Gasteiger partial charge < -0.3 is 9.88 Å². The average molecular weight is 213 g/mol. The van der Waals surface area contributed by atoms with Gasteiger partial charge in [-0.1, -0.05) is 18.2 Å². The predicted molar refractivity (Wildman–Crippen MR) is 64.8 cm³/mol. The second-order valence-corrected chi connectivity index (χ2v) is 4.30. The molecule has 0 aliphatic carbocycles. The summed E-state index contributed by atoms with van der Waals surface area (Å²) >= 11 is 0. The molecule has 1 unspecified atom stereocenters. The highest BCUT2D eigenvalue weighted by Crippen LogP contribution is 2.36. The van der Waals surface area contributed by atoms with Gasteiger partial charge in [-0.25, -0.2) is 4.98 Å². The number of imidazole rings is 1. The van der Waals surface area contributed by atoms with Crippen LogP contribution in [0.15, 0.2) is 36.7 Å². The fourth-order valence-corrected chi connectivity index (χ4v) is 2.48. The van der Waals surface area contributed by atoms with E-state index >= 15 is 0 Å². The number of benzene rings is 1. The van der Waals surface area contributed by atoms with Crippen LogP contribution in [0.5, 0.6) is 0 Å². The molecule has 82 valence electrons. The lowest BCUT2D eigenvalue weighted by molar-refractivity contribution is 0.640. The van der Waals surface area contributed by atoms with Crippen LogP contribution in [0.2, 0.25) is 0 Å². The summed E-state index contributed by atoms with van der Waals surface area (Å²) in [6.45, 7) is 1.09. The number of aromatic nitrogens is 2. The SMILES string of the molecule is CN1CCC(c2ncc[nH]2)c2ccccc21. The van der Waals surface area contributed by atoms with Gasteiger partial charge >= 0.3 is 0 Å². The molecule has 1 aromatic heterocycles. The second kappa shape index (κ2) is 3.67. The zero-order valence-electron chi connectivity index (χ0n) is 9.35. The highest BCUT2D eigenvalue weighted by atomic mass is 15.1. The number of nitrogens with zero attached hydrogens (tertiary/aromatic N) is 2. The molecule has 2 aromatic rings. The van der Waals surface area contributed by atoms with Crippen molar-refractivity contribution >= 4 is 5.69 Å². The Morgan fingerprint density at radius 3 is 3.06 bits per heavy atom. The van der Waals surface area contributed by atoms with Gasteiger partial charge in [0.2, 0.25) is 0 Å². The van der Waals surface area contributed by atoms with Crippen molar-refractivity contribution in [2.45, 2.75) is 12.3 Å². The van der Waals surface area contributed by atoms with Crippen LogP contribution in [0.4, 0.5) is 5.69 Å². The number of nitrogens with one attached hydrogen (secondary N) is 1. The normalized spacial score (nSPS) is 19.6. The molecule has 3 heteroatoms. The van der Waals surface area contributed by atoms with Crippen molar-refractivity contribution < 1.29 is 0 Å². The Morgan fingerprint density at radius 1 is 1.38 bits per heavy atom. The van der Waals surface area contributed by atoms with Gasteiger partial charge in [-0.15, -0.1) is 0 Å². The summed E-state index contributed by atoms with van der Waals surface area (Å²) in [5.74, 6) is 1.50. The lowest BCUT2D eigenvalue weighted by Gasteiger charge is -2.32. The Hall–Kier alpha value is -1.77. The van der Waals surface area contributed by atoms with E-state index in [-0.39, 0.29) is 0 Å². The number of aromatic amines is 1. The van der Waals surface area contributed by atoms with E-state index in [1.54, 1.807) is 0 Å². The Kier molecular flexibility index (Phi) is 2.17. The van der Waals surface area contributed by atoms with E-state index in [2.05, 4.69) is 46.2 Å². The molecule has 0 fully saturated rings. The quantitative estimate of drug-likeness (QED) is 0.788. The molecule has 0 saturated heterocycles. The van der Waals surface area contributed by atoms with Crippen LogP contribution >= 0.6 is 0 Å². The van der Waals surface area contributed by atoms with Gasteiger partial charge in [0.25, 0.3) is 0 Å². The molecule has 1 N–H and O–H groups in total. The van der Waals surface area contributed by atoms with Gasteiger partial charge in [-0.3, -0.25) is 0 Å². The first kappa shape index (κ1) is 9.46. The van der Waals surface area contributed by atoms with Crippen molar-refractivity contribution in [3.8, 4) is 0 Å². The molecule has 3 rings (SSSR count). The summed E-state index contributed by atoms with van der Waals surface area (Å²) in [5, 5.41) is 0. The van der Waals surface area contributed by atoms with Crippen LogP contribution in [0.25, 0.3) is 0 Å². The summed E-state index contributed by atoms with van der Waals surface area (Å²) in [5.41, 5.74) is 2.71. The Morgan fingerprint density at radius 2 is 2.25 bits per heavy atom. The van der Waals surface area contributed by atoms with E-state index in [0.29, 0.717) is 5.92 Å². The number of para-hydroxylation sites is 1. The van der Waals surface area contributed by atoms with Gasteiger partial charge in [0.1, 0.15) is 5.82 Å². The summed E-state index contributed by atoms with van der Waals surface area (Å²) < 4.78 is 0. The molecule has 0 bridgehead atoms. The summed E-state index contributed by atoms with van der Waals surface area (Å²) in [4.78, 5) is 9.94. The first-order valence-corrected chi connectivity index (χ1v) is 5.65. The van der Waals surface area contributed by atoms with Gasteiger partial charge in [0, 0.05) is 37.6 Å². The Balaban J connectivity index is 2.08. The number of hydrogen-bond donors (Lipinski definition) is 1. The number of H-pyrrole nitrogens is 1. The van der Waals surface area contributed by atoms with Crippen molar-refractivity contribution in [3.63, 3.8) is 0 Å². The van der Waals surface area contributed by atoms with Crippen LogP contribution in [-0.2, 0) is 0 Å². The Labute approximate surface area is 95.1 Å². The monoisotopic (exact) mass is 213 g/mol. The number of hydrogen-bond acceptors (Lipinski definition) is 2. The van der Waals surface area contributed by atoms with Crippen molar-refractivity contribution in [2.75, 3.05) is 18.5 Å². The maximum Gasteiger partial charge on any atom is 0.113 e. The van der Waals surface area contributed by atoms with E-state index in [1.807, 2.05) is 12.4 Å². The molecule has 3 nitrogen and oxygen atoms in total. The molecule has 16 heavy (non-hydrogen) atoms. The molecular weight excluding hydrogens is 198 g/mol. The molecule has 0 spiro atoms. The van der Waals surface area contributed by atoms with Crippen molar-refractivity contribution in [3.05, 3.63) is 48.0 Å². The minimum atomic E-state index is 0.419. The van der Waals surface area contributed by atoms with Crippen LogP contribution in [-0.4, -0.2) is 23.6 Å². The highest BCUT2D eigenvalue weighted by Gasteiger charge is 2.25. The smallest absolute Gasteiger partial charge is 0.113 e. The standard InChI is InChI=1S/C13H15N3/c1-16-9-6-11(13-14-7-8-15-13)10-4-2-3-5-12(10)16/h2-5,7-8,11H,6,9H2,1H3,(H,14,15). The fourth-order valence-electron chi connectivity index (χ4n) is 2.48. The molecule has 1 aliphatic rings. The molecular formula is C13H15N3. The third kappa shape index (κ3) is 1.40. The maximum atomic E-state index is 4.39. The lowest BCUT2D eigenvalue weighted by atomic mass is 9.89. The molecule has 1 aromatic carbocycles. The summed E-state index contributed by atoms with van der Waals surface area (Å²) in [6, 6.07) is 8.59. The number of anilines is 1.